The van der Waals surface area contributed by atoms with Crippen LogP contribution < -0.4 is 10.6 Å². The Morgan fingerprint density at radius 1 is 1.11 bits per heavy atom. The average Bonchev–Trinajstić information content (AvgIpc) is 2.36. The second-order valence-corrected chi connectivity index (χ2v) is 4.83. The zero-order valence-corrected chi connectivity index (χ0v) is 11.8. The first-order valence-corrected chi connectivity index (χ1v) is 6.43. The summed E-state index contributed by atoms with van der Waals surface area (Å²) >= 11 is 11.1. The molecule has 0 atom stereocenters. The van der Waals surface area contributed by atoms with Crippen molar-refractivity contribution in [2.75, 3.05) is 10.6 Å². The number of hydrogen-bond donors (Lipinski definition) is 2. The van der Waals surface area contributed by atoms with E-state index >= 15 is 0 Å². The third-order valence-electron chi connectivity index (χ3n) is 2.57. The van der Waals surface area contributed by atoms with Gasteiger partial charge in [-0.3, -0.25) is 0 Å². The number of benzene rings is 2. The summed E-state index contributed by atoms with van der Waals surface area (Å²) in [7, 11) is 0. The van der Waals surface area contributed by atoms with Gasteiger partial charge in [-0.1, -0.05) is 29.8 Å². The van der Waals surface area contributed by atoms with Gasteiger partial charge in [0, 0.05) is 5.69 Å². The maximum Gasteiger partial charge on any atom is 0.175 e. The minimum absolute atomic E-state index is 0.286. The molecule has 0 unspecified atom stereocenters. The molecule has 0 spiro atoms. The molecule has 0 heterocycles. The fourth-order valence-electron chi connectivity index (χ4n) is 1.58. The minimum Gasteiger partial charge on any atom is -0.332 e. The van der Waals surface area contributed by atoms with Gasteiger partial charge in [-0.15, -0.1) is 0 Å². The van der Waals surface area contributed by atoms with Crippen LogP contribution in [0.1, 0.15) is 5.56 Å². The standard InChI is InChI=1S/C14H12ClFN2S/c1-9-4-2-3-5-12(9)17-14(19)18-13-7-6-10(16)8-11(13)15/h2-8H,1H3,(H2,17,18,19). The molecule has 0 saturated carbocycles. The van der Waals surface area contributed by atoms with Crippen molar-refractivity contribution in [1.29, 1.82) is 0 Å². The molecule has 0 amide bonds. The van der Waals surface area contributed by atoms with Crippen LogP contribution in [0.3, 0.4) is 0 Å². The number of aryl methyl sites for hydroxylation is 1. The molecule has 0 fully saturated rings. The molecule has 19 heavy (non-hydrogen) atoms. The van der Waals surface area contributed by atoms with Crippen LogP contribution in [0.15, 0.2) is 42.5 Å². The first kappa shape index (κ1) is 13.8. The highest BCUT2D eigenvalue weighted by atomic mass is 35.5. The van der Waals surface area contributed by atoms with Crippen molar-refractivity contribution in [2.24, 2.45) is 0 Å². The molecule has 98 valence electrons. The van der Waals surface area contributed by atoms with Crippen molar-refractivity contribution in [3.63, 3.8) is 0 Å². The molecule has 2 aromatic rings. The van der Waals surface area contributed by atoms with Gasteiger partial charge in [-0.25, -0.2) is 4.39 Å². The number of thiocarbonyl (C=S) groups is 1. The van der Waals surface area contributed by atoms with E-state index in [4.69, 9.17) is 23.8 Å². The Bertz CT molecular complexity index is 616. The van der Waals surface area contributed by atoms with Gasteiger partial charge in [-0.2, -0.15) is 0 Å². The Balaban J connectivity index is 2.08. The monoisotopic (exact) mass is 294 g/mol. The van der Waals surface area contributed by atoms with Crippen LogP contribution in [-0.4, -0.2) is 5.11 Å². The molecule has 0 aliphatic heterocycles. The molecule has 0 bridgehead atoms. The topological polar surface area (TPSA) is 24.1 Å². The number of rotatable bonds is 2. The molecule has 5 heteroatoms. The van der Waals surface area contributed by atoms with E-state index in [-0.39, 0.29) is 10.8 Å². The predicted octanol–water partition coefficient (Wildman–Crippen LogP) is 4.60. The molecular formula is C14H12ClFN2S. The summed E-state index contributed by atoms with van der Waals surface area (Å²) in [5.41, 5.74) is 2.56. The Morgan fingerprint density at radius 3 is 2.47 bits per heavy atom. The summed E-state index contributed by atoms with van der Waals surface area (Å²) in [5, 5.41) is 6.69. The van der Waals surface area contributed by atoms with Crippen LogP contribution in [0.4, 0.5) is 15.8 Å². The van der Waals surface area contributed by atoms with Crippen molar-refractivity contribution in [3.05, 3.63) is 58.9 Å². The molecule has 0 aliphatic carbocycles. The highest BCUT2D eigenvalue weighted by molar-refractivity contribution is 7.80. The van der Waals surface area contributed by atoms with E-state index in [0.717, 1.165) is 11.3 Å². The lowest BCUT2D eigenvalue weighted by Gasteiger charge is -2.13. The van der Waals surface area contributed by atoms with Crippen molar-refractivity contribution in [3.8, 4) is 0 Å². The van der Waals surface area contributed by atoms with Crippen LogP contribution in [0.2, 0.25) is 5.02 Å². The highest BCUT2D eigenvalue weighted by Gasteiger charge is 2.05. The quantitative estimate of drug-likeness (QED) is 0.792. The maximum absolute atomic E-state index is 12.9. The van der Waals surface area contributed by atoms with Crippen LogP contribution in [-0.2, 0) is 0 Å². The van der Waals surface area contributed by atoms with Crippen LogP contribution in [0.25, 0.3) is 0 Å². The van der Waals surface area contributed by atoms with Gasteiger partial charge >= 0.3 is 0 Å². The molecule has 2 aromatic carbocycles. The van der Waals surface area contributed by atoms with Crippen molar-refractivity contribution >= 4 is 40.3 Å². The summed E-state index contributed by atoms with van der Waals surface area (Å²) in [6.07, 6.45) is 0. The van der Waals surface area contributed by atoms with E-state index < -0.39 is 0 Å². The average molecular weight is 295 g/mol. The van der Waals surface area contributed by atoms with Gasteiger partial charge in [-0.05, 0) is 49.0 Å². The summed E-state index contributed by atoms with van der Waals surface area (Å²) in [6.45, 7) is 1.98. The summed E-state index contributed by atoms with van der Waals surface area (Å²) in [5.74, 6) is -0.381. The number of hydrogen-bond acceptors (Lipinski definition) is 1. The Hall–Kier alpha value is -1.65. The minimum atomic E-state index is -0.381. The Morgan fingerprint density at radius 2 is 1.79 bits per heavy atom. The first-order valence-electron chi connectivity index (χ1n) is 5.65. The van der Waals surface area contributed by atoms with E-state index in [1.54, 1.807) is 6.07 Å². The molecule has 0 radical (unpaired) electrons. The number of nitrogens with one attached hydrogen (secondary N) is 2. The van der Waals surface area contributed by atoms with Gasteiger partial charge in [0.05, 0.1) is 10.7 Å². The van der Waals surface area contributed by atoms with Crippen LogP contribution in [0.5, 0.6) is 0 Å². The van der Waals surface area contributed by atoms with E-state index in [1.165, 1.54) is 12.1 Å². The van der Waals surface area contributed by atoms with Gasteiger partial charge in [0.1, 0.15) is 5.82 Å². The second-order valence-electron chi connectivity index (χ2n) is 4.02. The third kappa shape index (κ3) is 3.66. The van der Waals surface area contributed by atoms with Crippen molar-refractivity contribution in [1.82, 2.24) is 0 Å². The molecule has 0 aromatic heterocycles. The normalized spacial score (nSPS) is 10.1. The predicted molar refractivity (Wildman–Crippen MR) is 82.4 cm³/mol. The zero-order valence-electron chi connectivity index (χ0n) is 10.2. The highest BCUT2D eigenvalue weighted by Crippen LogP contribution is 2.23. The molecule has 0 aliphatic rings. The van der Waals surface area contributed by atoms with E-state index in [1.807, 2.05) is 31.2 Å². The smallest absolute Gasteiger partial charge is 0.175 e. The van der Waals surface area contributed by atoms with E-state index in [9.17, 15) is 4.39 Å². The molecule has 0 saturated heterocycles. The van der Waals surface area contributed by atoms with E-state index in [2.05, 4.69) is 10.6 Å². The lowest BCUT2D eigenvalue weighted by molar-refractivity contribution is 0.628. The number of halogens is 2. The van der Waals surface area contributed by atoms with Gasteiger partial charge in [0.15, 0.2) is 5.11 Å². The van der Waals surface area contributed by atoms with Gasteiger partial charge in [0.25, 0.3) is 0 Å². The van der Waals surface area contributed by atoms with E-state index in [0.29, 0.717) is 10.8 Å². The number of para-hydroxylation sites is 1. The van der Waals surface area contributed by atoms with Gasteiger partial charge in [0.2, 0.25) is 0 Å². The van der Waals surface area contributed by atoms with Crippen molar-refractivity contribution < 1.29 is 4.39 Å². The van der Waals surface area contributed by atoms with Crippen LogP contribution in [0, 0.1) is 12.7 Å². The Labute approximate surface area is 121 Å². The Kier molecular flexibility index (Phi) is 4.35. The fraction of sp³-hybridized carbons (Fsp3) is 0.0714. The van der Waals surface area contributed by atoms with Crippen LogP contribution >= 0.6 is 23.8 Å². The number of anilines is 2. The lowest BCUT2D eigenvalue weighted by Crippen LogP contribution is -2.19. The van der Waals surface area contributed by atoms with Crippen molar-refractivity contribution in [2.45, 2.75) is 6.92 Å². The molecule has 2 N–H and O–H groups in total. The van der Waals surface area contributed by atoms with Gasteiger partial charge < -0.3 is 10.6 Å². The zero-order chi connectivity index (χ0) is 13.8. The third-order valence-corrected chi connectivity index (χ3v) is 3.09. The fourth-order valence-corrected chi connectivity index (χ4v) is 2.01. The summed E-state index contributed by atoms with van der Waals surface area (Å²) < 4.78 is 12.9. The molecule has 2 rings (SSSR count). The second kappa shape index (κ2) is 5.99. The summed E-state index contributed by atoms with van der Waals surface area (Å²) in [6, 6.07) is 11.9. The first-order chi connectivity index (χ1) is 9.06. The summed E-state index contributed by atoms with van der Waals surface area (Å²) in [4.78, 5) is 0. The maximum atomic E-state index is 12.9. The largest absolute Gasteiger partial charge is 0.332 e. The molecular weight excluding hydrogens is 283 g/mol. The lowest BCUT2D eigenvalue weighted by atomic mass is 10.2. The SMILES string of the molecule is Cc1ccccc1NC(=S)Nc1ccc(F)cc1Cl. The molecule has 2 nitrogen and oxygen atoms in total.